The van der Waals surface area contributed by atoms with E-state index in [9.17, 15) is 9.59 Å². The molecule has 0 aliphatic heterocycles. The lowest BCUT2D eigenvalue weighted by molar-refractivity contribution is -0.108. The maximum absolute atomic E-state index is 11.0. The third kappa shape index (κ3) is 1.87. The van der Waals surface area contributed by atoms with Crippen molar-refractivity contribution in [2.24, 2.45) is 0 Å². The van der Waals surface area contributed by atoms with E-state index in [1.165, 1.54) is 17.0 Å². The summed E-state index contributed by atoms with van der Waals surface area (Å²) in [4.78, 5) is 21.1. The van der Waals surface area contributed by atoms with Gasteiger partial charge < -0.3 is 9.36 Å². The van der Waals surface area contributed by atoms with E-state index in [1.807, 2.05) is 0 Å². The highest BCUT2D eigenvalue weighted by molar-refractivity contribution is 6.34. The van der Waals surface area contributed by atoms with Crippen LogP contribution < -0.4 is 5.43 Å². The smallest absolute Gasteiger partial charge is 0.218 e. The highest BCUT2D eigenvalue weighted by atomic mass is 35.5. The SMILES string of the molecule is O=CCn1cc(Cl)c(=O)c(Cl)c1. The van der Waals surface area contributed by atoms with Gasteiger partial charge in [-0.1, -0.05) is 23.2 Å². The van der Waals surface area contributed by atoms with Crippen LogP contribution in [0.4, 0.5) is 0 Å². The highest BCUT2D eigenvalue weighted by Crippen LogP contribution is 2.07. The molecule has 1 aromatic heterocycles. The van der Waals surface area contributed by atoms with Gasteiger partial charge in [-0.25, -0.2) is 0 Å². The highest BCUT2D eigenvalue weighted by Gasteiger charge is 2.02. The van der Waals surface area contributed by atoms with Crippen LogP contribution in [0.15, 0.2) is 17.2 Å². The molecular formula is C7H5Cl2NO2. The lowest BCUT2D eigenvalue weighted by Crippen LogP contribution is -2.08. The number of hydrogen-bond acceptors (Lipinski definition) is 2. The number of pyridine rings is 1. The van der Waals surface area contributed by atoms with E-state index in [4.69, 9.17) is 23.2 Å². The fraction of sp³-hybridized carbons (Fsp3) is 0.143. The van der Waals surface area contributed by atoms with E-state index in [2.05, 4.69) is 0 Å². The zero-order valence-corrected chi connectivity index (χ0v) is 7.47. The van der Waals surface area contributed by atoms with Gasteiger partial charge in [0.05, 0.1) is 6.54 Å². The Hall–Kier alpha value is -0.800. The normalized spacial score (nSPS) is 9.83. The molecule has 64 valence electrons. The minimum absolute atomic E-state index is 0.0179. The second-order valence-corrected chi connectivity index (χ2v) is 2.96. The third-order valence-electron chi connectivity index (χ3n) is 1.28. The van der Waals surface area contributed by atoms with Crippen LogP contribution in [0.1, 0.15) is 0 Å². The summed E-state index contributed by atoms with van der Waals surface area (Å²) in [5.41, 5.74) is -0.416. The Morgan fingerprint density at radius 1 is 1.33 bits per heavy atom. The lowest BCUT2D eigenvalue weighted by atomic mass is 10.4. The van der Waals surface area contributed by atoms with Crippen LogP contribution in [0.2, 0.25) is 10.0 Å². The molecule has 0 spiro atoms. The van der Waals surface area contributed by atoms with Gasteiger partial charge >= 0.3 is 0 Å². The van der Waals surface area contributed by atoms with Crippen LogP contribution in [0.3, 0.4) is 0 Å². The Balaban J connectivity index is 3.21. The van der Waals surface area contributed by atoms with Crippen LogP contribution >= 0.6 is 23.2 Å². The first kappa shape index (κ1) is 9.29. The summed E-state index contributed by atoms with van der Waals surface area (Å²) in [5, 5.41) is 0.0358. The van der Waals surface area contributed by atoms with Crippen LogP contribution in [-0.4, -0.2) is 10.9 Å². The van der Waals surface area contributed by atoms with Gasteiger partial charge in [-0.2, -0.15) is 0 Å². The zero-order valence-electron chi connectivity index (χ0n) is 5.96. The summed E-state index contributed by atoms with van der Waals surface area (Å²) in [6.45, 7) is 0.139. The van der Waals surface area contributed by atoms with Gasteiger partial charge in [-0.15, -0.1) is 0 Å². The molecule has 0 aromatic carbocycles. The molecule has 0 bridgehead atoms. The van der Waals surface area contributed by atoms with E-state index < -0.39 is 5.43 Å². The standard InChI is InChI=1S/C7H5Cl2NO2/c8-5-3-10(1-2-11)4-6(9)7(5)12/h2-4H,1H2. The molecule has 0 amide bonds. The van der Waals surface area contributed by atoms with E-state index >= 15 is 0 Å². The molecule has 3 nitrogen and oxygen atoms in total. The minimum atomic E-state index is -0.416. The van der Waals surface area contributed by atoms with Gasteiger partial charge in [0, 0.05) is 12.4 Å². The zero-order chi connectivity index (χ0) is 9.14. The molecular weight excluding hydrogens is 201 g/mol. The second kappa shape index (κ2) is 3.74. The van der Waals surface area contributed by atoms with Crippen molar-refractivity contribution < 1.29 is 4.79 Å². The Bertz CT molecular complexity index is 333. The van der Waals surface area contributed by atoms with E-state index in [0.717, 1.165) is 0 Å². The molecule has 0 unspecified atom stereocenters. The van der Waals surface area contributed by atoms with Crippen LogP contribution in [0, 0.1) is 0 Å². The van der Waals surface area contributed by atoms with E-state index in [-0.39, 0.29) is 16.6 Å². The minimum Gasteiger partial charge on any atom is -0.344 e. The molecule has 0 saturated carbocycles. The fourth-order valence-electron chi connectivity index (χ4n) is 0.751. The van der Waals surface area contributed by atoms with Crippen molar-refractivity contribution in [3.63, 3.8) is 0 Å². The van der Waals surface area contributed by atoms with Crippen molar-refractivity contribution in [2.75, 3.05) is 0 Å². The second-order valence-electron chi connectivity index (χ2n) is 2.15. The topological polar surface area (TPSA) is 39.1 Å². The number of aromatic nitrogens is 1. The van der Waals surface area contributed by atoms with Gasteiger partial charge in [0.2, 0.25) is 5.43 Å². The lowest BCUT2D eigenvalue weighted by Gasteiger charge is -2.01. The molecule has 0 saturated heterocycles. The number of halogens is 2. The number of carbonyl (C=O) groups excluding carboxylic acids is 1. The molecule has 0 atom stereocenters. The average Bonchev–Trinajstić information content (AvgIpc) is 2.01. The first-order valence-corrected chi connectivity index (χ1v) is 3.89. The van der Waals surface area contributed by atoms with Crippen LogP contribution in [-0.2, 0) is 11.3 Å². The Morgan fingerprint density at radius 3 is 2.25 bits per heavy atom. The maximum Gasteiger partial charge on any atom is 0.218 e. The molecule has 1 aromatic rings. The largest absolute Gasteiger partial charge is 0.344 e. The van der Waals surface area contributed by atoms with E-state index in [1.54, 1.807) is 0 Å². The molecule has 0 radical (unpaired) electrons. The molecule has 12 heavy (non-hydrogen) atoms. The number of rotatable bonds is 2. The van der Waals surface area contributed by atoms with Gasteiger partial charge in [0.25, 0.3) is 0 Å². The van der Waals surface area contributed by atoms with Gasteiger partial charge in [0.1, 0.15) is 16.3 Å². The van der Waals surface area contributed by atoms with E-state index in [0.29, 0.717) is 6.29 Å². The summed E-state index contributed by atoms with van der Waals surface area (Å²) < 4.78 is 1.44. The number of hydrogen-bond donors (Lipinski definition) is 0. The summed E-state index contributed by atoms with van der Waals surface area (Å²) in [6.07, 6.45) is 3.42. The molecule has 5 heteroatoms. The van der Waals surface area contributed by atoms with Crippen LogP contribution in [0.25, 0.3) is 0 Å². The first-order valence-electron chi connectivity index (χ1n) is 3.14. The van der Waals surface area contributed by atoms with Crippen molar-refractivity contribution in [2.45, 2.75) is 6.54 Å². The van der Waals surface area contributed by atoms with Crippen molar-refractivity contribution in [1.29, 1.82) is 0 Å². The summed E-state index contributed by atoms with van der Waals surface area (Å²) in [6, 6.07) is 0. The van der Waals surface area contributed by atoms with Crippen molar-refractivity contribution in [3.8, 4) is 0 Å². The summed E-state index contributed by atoms with van der Waals surface area (Å²) in [7, 11) is 0. The monoisotopic (exact) mass is 205 g/mol. The maximum atomic E-state index is 11.0. The average molecular weight is 206 g/mol. The number of nitrogens with zero attached hydrogens (tertiary/aromatic N) is 1. The van der Waals surface area contributed by atoms with Gasteiger partial charge in [-0.05, 0) is 0 Å². The van der Waals surface area contributed by atoms with Crippen LogP contribution in [0.5, 0.6) is 0 Å². The first-order chi connectivity index (χ1) is 5.65. The number of carbonyl (C=O) groups is 1. The summed E-state index contributed by atoms with van der Waals surface area (Å²) >= 11 is 11.0. The van der Waals surface area contributed by atoms with Gasteiger partial charge in [0.15, 0.2) is 0 Å². The van der Waals surface area contributed by atoms with Crippen molar-refractivity contribution >= 4 is 29.5 Å². The quantitative estimate of drug-likeness (QED) is 0.685. The molecule has 1 heterocycles. The molecule has 0 fully saturated rings. The van der Waals surface area contributed by atoms with Gasteiger partial charge in [-0.3, -0.25) is 4.79 Å². The Morgan fingerprint density at radius 2 is 1.83 bits per heavy atom. The predicted molar refractivity (Wildman–Crippen MR) is 46.8 cm³/mol. The molecule has 0 aliphatic carbocycles. The Kier molecular flexibility index (Phi) is 2.89. The third-order valence-corrected chi connectivity index (χ3v) is 1.82. The number of aldehydes is 1. The molecule has 1 rings (SSSR count). The Labute approximate surface area is 78.5 Å². The fourth-order valence-corrected chi connectivity index (χ4v) is 1.25. The van der Waals surface area contributed by atoms with Crippen molar-refractivity contribution in [1.82, 2.24) is 4.57 Å². The molecule has 0 aliphatic rings. The van der Waals surface area contributed by atoms with Crippen molar-refractivity contribution in [3.05, 3.63) is 32.7 Å². The molecule has 0 N–H and O–H groups in total. The predicted octanol–water partition coefficient (Wildman–Crippen LogP) is 1.35. The summed E-state index contributed by atoms with van der Waals surface area (Å²) in [5.74, 6) is 0.